The average Bonchev–Trinajstić information content (AvgIpc) is 3.22. The lowest BCUT2D eigenvalue weighted by Gasteiger charge is -2.24. The number of methoxy groups -OCH3 is 1. The molecular formula is C24H22Cl2N2O4. The number of ketones is 1. The maximum atomic E-state index is 13.2. The van der Waals surface area contributed by atoms with Crippen LogP contribution in [0.3, 0.4) is 0 Å². The number of aryl methyl sites for hydroxylation is 1. The summed E-state index contributed by atoms with van der Waals surface area (Å²) in [6, 6.07) is 9.92. The van der Waals surface area contributed by atoms with Gasteiger partial charge < -0.3 is 19.3 Å². The Balaban J connectivity index is 2.03. The van der Waals surface area contributed by atoms with Crippen LogP contribution in [0.1, 0.15) is 30.5 Å². The molecule has 1 amide bonds. The minimum absolute atomic E-state index is 0.0172. The number of fused-ring (bicyclic) bond motifs is 1. The van der Waals surface area contributed by atoms with Crippen LogP contribution in [-0.2, 0) is 16.6 Å². The number of hydrogen-bond donors (Lipinski definition) is 1. The fourth-order valence-corrected chi connectivity index (χ4v) is 4.93. The quantitative estimate of drug-likeness (QED) is 0.309. The fraction of sp³-hybridized carbons (Fsp3) is 0.250. The number of likely N-dealkylation sites (tertiary alicyclic amines) is 1. The van der Waals surface area contributed by atoms with E-state index in [4.69, 9.17) is 27.9 Å². The average molecular weight is 473 g/mol. The van der Waals surface area contributed by atoms with Gasteiger partial charge in [0.1, 0.15) is 11.5 Å². The Bertz CT molecular complexity index is 1280. The molecular weight excluding hydrogens is 451 g/mol. The van der Waals surface area contributed by atoms with Gasteiger partial charge in [0.25, 0.3) is 11.7 Å². The van der Waals surface area contributed by atoms with Crippen molar-refractivity contribution in [3.05, 3.63) is 69.3 Å². The van der Waals surface area contributed by atoms with Crippen LogP contribution in [0.2, 0.25) is 10.0 Å². The lowest BCUT2D eigenvalue weighted by Crippen LogP contribution is -2.30. The maximum absolute atomic E-state index is 13.2. The van der Waals surface area contributed by atoms with Crippen LogP contribution in [0.4, 0.5) is 0 Å². The van der Waals surface area contributed by atoms with E-state index in [-0.39, 0.29) is 32.7 Å². The summed E-state index contributed by atoms with van der Waals surface area (Å²) in [5.41, 5.74) is 1.85. The lowest BCUT2D eigenvalue weighted by atomic mass is 9.94. The zero-order valence-electron chi connectivity index (χ0n) is 17.9. The van der Waals surface area contributed by atoms with Gasteiger partial charge in [0.05, 0.1) is 29.3 Å². The Morgan fingerprint density at radius 3 is 2.59 bits per heavy atom. The molecule has 166 valence electrons. The maximum Gasteiger partial charge on any atom is 0.295 e. The van der Waals surface area contributed by atoms with Crippen molar-refractivity contribution in [2.45, 2.75) is 19.4 Å². The van der Waals surface area contributed by atoms with E-state index < -0.39 is 17.7 Å². The number of aliphatic hydroxyl groups is 1. The number of benzene rings is 2. The van der Waals surface area contributed by atoms with Crippen LogP contribution in [0.5, 0.6) is 5.75 Å². The summed E-state index contributed by atoms with van der Waals surface area (Å²) in [5.74, 6) is -1.61. The van der Waals surface area contributed by atoms with E-state index in [0.717, 1.165) is 16.5 Å². The first kappa shape index (κ1) is 22.2. The van der Waals surface area contributed by atoms with Crippen molar-refractivity contribution < 1.29 is 19.4 Å². The highest BCUT2D eigenvalue weighted by atomic mass is 35.5. The number of aromatic nitrogens is 1. The number of carbonyl (C=O) groups is 2. The first-order valence-electron chi connectivity index (χ1n) is 10.2. The van der Waals surface area contributed by atoms with Crippen molar-refractivity contribution in [2.24, 2.45) is 7.05 Å². The highest BCUT2D eigenvalue weighted by molar-refractivity contribution is 6.47. The molecule has 1 aliphatic rings. The first-order chi connectivity index (χ1) is 15.3. The Hall–Kier alpha value is -2.96. The molecule has 0 bridgehead atoms. The number of halogens is 2. The van der Waals surface area contributed by atoms with Gasteiger partial charge in [0.2, 0.25) is 0 Å². The lowest BCUT2D eigenvalue weighted by molar-refractivity contribution is -0.139. The Labute approximate surface area is 195 Å². The molecule has 1 atom stereocenters. The molecule has 0 radical (unpaired) electrons. The number of para-hydroxylation sites is 1. The van der Waals surface area contributed by atoms with Crippen molar-refractivity contribution in [3.63, 3.8) is 0 Å². The molecule has 2 aromatic carbocycles. The standard InChI is InChI=1S/C24H22Cl2N2O4/c1-4-9-28-20(16-12-27(2)18-8-6-5-7-14(16)18)19(22(30)24(28)31)21(29)15-10-13(25)11-17(26)23(15)32-3/h5-8,10-12,20,29H,4,9H2,1-3H3/b21-19+. The van der Waals surface area contributed by atoms with E-state index in [1.165, 1.54) is 24.1 Å². The van der Waals surface area contributed by atoms with Crippen LogP contribution >= 0.6 is 23.2 Å². The number of nitrogens with zero attached hydrogens (tertiary/aromatic N) is 2. The van der Waals surface area contributed by atoms with Gasteiger partial charge in [0.15, 0.2) is 0 Å². The summed E-state index contributed by atoms with van der Waals surface area (Å²) in [5, 5.41) is 12.7. The van der Waals surface area contributed by atoms with Gasteiger partial charge in [0, 0.05) is 41.3 Å². The van der Waals surface area contributed by atoms with Gasteiger partial charge >= 0.3 is 0 Å². The molecule has 0 spiro atoms. The molecule has 2 heterocycles. The molecule has 6 nitrogen and oxygen atoms in total. The Morgan fingerprint density at radius 1 is 1.19 bits per heavy atom. The van der Waals surface area contributed by atoms with E-state index in [0.29, 0.717) is 13.0 Å². The van der Waals surface area contributed by atoms with Crippen molar-refractivity contribution in [1.29, 1.82) is 0 Å². The second kappa shape index (κ2) is 8.52. The van der Waals surface area contributed by atoms with E-state index in [2.05, 4.69) is 0 Å². The van der Waals surface area contributed by atoms with Crippen molar-refractivity contribution in [1.82, 2.24) is 9.47 Å². The molecule has 32 heavy (non-hydrogen) atoms. The normalized spacial score (nSPS) is 18.0. The summed E-state index contributed by atoms with van der Waals surface area (Å²) in [6.45, 7) is 2.29. The molecule has 4 rings (SSSR count). The highest BCUT2D eigenvalue weighted by Gasteiger charge is 2.47. The minimum atomic E-state index is -0.761. The minimum Gasteiger partial charge on any atom is -0.507 e. The molecule has 1 fully saturated rings. The van der Waals surface area contributed by atoms with Crippen molar-refractivity contribution in [3.8, 4) is 5.75 Å². The molecule has 1 saturated heterocycles. The fourth-order valence-electron chi connectivity index (χ4n) is 4.35. The van der Waals surface area contributed by atoms with E-state index in [1.807, 2.05) is 49.0 Å². The van der Waals surface area contributed by atoms with Crippen LogP contribution < -0.4 is 4.74 Å². The summed E-state index contributed by atoms with van der Waals surface area (Å²) in [6.07, 6.45) is 2.54. The van der Waals surface area contributed by atoms with Crippen LogP contribution in [0.25, 0.3) is 16.7 Å². The molecule has 1 unspecified atom stereocenters. The SMILES string of the molecule is CCCN1C(=O)C(=O)/C(=C(/O)c2cc(Cl)cc(Cl)c2OC)C1c1cn(C)c2ccccc12. The third-order valence-electron chi connectivity index (χ3n) is 5.69. The number of Topliss-reactive ketones (excluding diaryl/α,β-unsaturated/α-hetero) is 1. The van der Waals surface area contributed by atoms with Gasteiger partial charge in [-0.25, -0.2) is 0 Å². The van der Waals surface area contributed by atoms with Gasteiger partial charge in [-0.2, -0.15) is 0 Å². The van der Waals surface area contributed by atoms with E-state index in [1.54, 1.807) is 0 Å². The van der Waals surface area contributed by atoms with Crippen LogP contribution in [0, 0.1) is 0 Å². The summed E-state index contributed by atoms with van der Waals surface area (Å²) < 4.78 is 7.30. The number of rotatable bonds is 5. The predicted octanol–water partition coefficient (Wildman–Crippen LogP) is 5.33. The third kappa shape index (κ3) is 3.44. The number of amides is 1. The summed E-state index contributed by atoms with van der Waals surface area (Å²) in [4.78, 5) is 27.7. The van der Waals surface area contributed by atoms with Crippen molar-refractivity contribution >= 4 is 51.6 Å². The zero-order chi connectivity index (χ0) is 23.2. The Morgan fingerprint density at radius 2 is 1.91 bits per heavy atom. The summed E-state index contributed by atoms with van der Waals surface area (Å²) in [7, 11) is 3.31. The Kier molecular flexibility index (Phi) is 5.93. The topological polar surface area (TPSA) is 71.8 Å². The van der Waals surface area contributed by atoms with Gasteiger partial charge in [-0.05, 0) is 24.6 Å². The third-order valence-corrected chi connectivity index (χ3v) is 6.19. The van der Waals surface area contributed by atoms with Crippen LogP contribution in [-0.4, -0.2) is 39.9 Å². The van der Waals surface area contributed by atoms with Crippen molar-refractivity contribution in [2.75, 3.05) is 13.7 Å². The van der Waals surface area contributed by atoms with Gasteiger partial charge in [-0.3, -0.25) is 9.59 Å². The molecule has 0 aliphatic carbocycles. The number of hydrogen-bond acceptors (Lipinski definition) is 4. The largest absolute Gasteiger partial charge is 0.507 e. The second-order valence-electron chi connectivity index (χ2n) is 7.67. The van der Waals surface area contributed by atoms with Gasteiger partial charge in [-0.15, -0.1) is 0 Å². The molecule has 1 N–H and O–H groups in total. The number of carbonyl (C=O) groups excluding carboxylic acids is 2. The van der Waals surface area contributed by atoms with Gasteiger partial charge in [-0.1, -0.05) is 48.3 Å². The smallest absolute Gasteiger partial charge is 0.295 e. The molecule has 8 heteroatoms. The number of aliphatic hydroxyl groups excluding tert-OH is 1. The van der Waals surface area contributed by atoms with Crippen LogP contribution in [0.15, 0.2) is 48.2 Å². The monoisotopic (exact) mass is 472 g/mol. The highest BCUT2D eigenvalue weighted by Crippen LogP contribution is 2.45. The predicted molar refractivity (Wildman–Crippen MR) is 125 cm³/mol. The number of ether oxygens (including phenoxy) is 1. The molecule has 1 aliphatic heterocycles. The first-order valence-corrected chi connectivity index (χ1v) is 10.9. The zero-order valence-corrected chi connectivity index (χ0v) is 19.4. The van der Waals surface area contributed by atoms with E-state index in [9.17, 15) is 14.7 Å². The molecule has 1 aromatic heterocycles. The second-order valence-corrected chi connectivity index (χ2v) is 8.52. The van der Waals surface area contributed by atoms with E-state index >= 15 is 0 Å². The molecule has 0 saturated carbocycles. The summed E-state index contributed by atoms with van der Waals surface area (Å²) >= 11 is 12.4. The molecule has 3 aromatic rings.